The number of imidazole rings is 1. The molecule has 0 unspecified atom stereocenters. The molecule has 0 aliphatic heterocycles. The summed E-state index contributed by atoms with van der Waals surface area (Å²) in [5.41, 5.74) is 2.46. The minimum absolute atomic E-state index is 0.223. The first kappa shape index (κ1) is 15.9. The van der Waals surface area contributed by atoms with Crippen molar-refractivity contribution in [1.82, 2.24) is 20.2 Å². The number of amides is 1. The van der Waals surface area contributed by atoms with Crippen LogP contribution < -0.4 is 5.32 Å². The van der Waals surface area contributed by atoms with Crippen molar-refractivity contribution in [3.63, 3.8) is 0 Å². The molecule has 4 aromatic rings. The number of hydrogen-bond donors (Lipinski definition) is 2. The lowest BCUT2D eigenvalue weighted by atomic mass is 10.2. The zero-order valence-electron chi connectivity index (χ0n) is 12.9. The fourth-order valence-electron chi connectivity index (χ4n) is 2.42. The highest BCUT2D eigenvalue weighted by Crippen LogP contribution is 2.22. The van der Waals surface area contributed by atoms with Crippen LogP contribution in [0.3, 0.4) is 0 Å². The molecule has 0 aliphatic carbocycles. The van der Waals surface area contributed by atoms with Crippen molar-refractivity contribution < 1.29 is 4.79 Å². The zero-order valence-corrected chi connectivity index (χ0v) is 15.3. The molecule has 6 nitrogen and oxygen atoms in total. The number of nitrogens with one attached hydrogen (secondary N) is 2. The number of fused-ring (bicyclic) bond motifs is 1. The van der Waals surface area contributed by atoms with Gasteiger partial charge in [-0.05, 0) is 40.2 Å². The average Bonchev–Trinajstić information content (AvgIpc) is 3.21. The number of para-hydroxylation sites is 2. The van der Waals surface area contributed by atoms with E-state index in [1.54, 1.807) is 6.07 Å². The van der Waals surface area contributed by atoms with Gasteiger partial charge in [0.1, 0.15) is 10.8 Å². The Labute approximate surface area is 155 Å². The Hall–Kier alpha value is -2.58. The van der Waals surface area contributed by atoms with Crippen LogP contribution in [0.15, 0.2) is 53.0 Å². The van der Waals surface area contributed by atoms with Crippen molar-refractivity contribution in [3.05, 3.63) is 69.4 Å². The van der Waals surface area contributed by atoms with Gasteiger partial charge < -0.3 is 4.98 Å². The molecular formula is C17H12BrN5OS. The maximum absolute atomic E-state index is 12.3. The summed E-state index contributed by atoms with van der Waals surface area (Å²) in [5, 5.41) is 12.2. The summed E-state index contributed by atoms with van der Waals surface area (Å²) in [5.74, 6) is 0.597. The molecular weight excluding hydrogens is 402 g/mol. The third-order valence-corrected chi connectivity index (χ3v) is 5.09. The number of aromatic amines is 1. The molecule has 0 fully saturated rings. The third-order valence-electron chi connectivity index (χ3n) is 3.56. The predicted octanol–water partition coefficient (Wildman–Crippen LogP) is 4.02. The first-order chi connectivity index (χ1) is 12.2. The summed E-state index contributed by atoms with van der Waals surface area (Å²) in [7, 11) is 0. The Morgan fingerprint density at radius 2 is 1.92 bits per heavy atom. The van der Waals surface area contributed by atoms with Crippen LogP contribution in [0.5, 0.6) is 0 Å². The number of carbonyl (C=O) groups is 1. The van der Waals surface area contributed by atoms with E-state index >= 15 is 0 Å². The number of benzene rings is 2. The molecule has 2 heterocycles. The smallest absolute Gasteiger partial charge is 0.258 e. The molecule has 0 atom stereocenters. The van der Waals surface area contributed by atoms with Gasteiger partial charge in [-0.25, -0.2) is 4.98 Å². The molecule has 2 N–H and O–H groups in total. The van der Waals surface area contributed by atoms with Gasteiger partial charge in [0.2, 0.25) is 5.13 Å². The molecule has 124 valence electrons. The van der Waals surface area contributed by atoms with E-state index in [-0.39, 0.29) is 5.91 Å². The Bertz CT molecular complexity index is 1020. The van der Waals surface area contributed by atoms with Gasteiger partial charge in [0.15, 0.2) is 0 Å². The highest BCUT2D eigenvalue weighted by atomic mass is 79.9. The molecule has 2 aromatic heterocycles. The number of H-pyrrole nitrogens is 1. The van der Waals surface area contributed by atoms with Gasteiger partial charge in [0, 0.05) is 4.47 Å². The number of carbonyl (C=O) groups excluding carboxylic acids is 1. The number of anilines is 1. The van der Waals surface area contributed by atoms with Crippen LogP contribution in [0.4, 0.5) is 5.13 Å². The molecule has 0 radical (unpaired) electrons. The number of nitrogens with zero attached hydrogens (tertiary/aromatic N) is 3. The predicted molar refractivity (Wildman–Crippen MR) is 101 cm³/mol. The van der Waals surface area contributed by atoms with Crippen molar-refractivity contribution in [3.8, 4) is 0 Å². The van der Waals surface area contributed by atoms with E-state index in [9.17, 15) is 4.79 Å². The van der Waals surface area contributed by atoms with E-state index in [4.69, 9.17) is 0 Å². The zero-order chi connectivity index (χ0) is 17.2. The van der Waals surface area contributed by atoms with Crippen molar-refractivity contribution >= 4 is 49.3 Å². The van der Waals surface area contributed by atoms with Crippen LogP contribution in [-0.2, 0) is 6.42 Å². The van der Waals surface area contributed by atoms with Crippen LogP contribution in [-0.4, -0.2) is 26.1 Å². The van der Waals surface area contributed by atoms with Crippen molar-refractivity contribution in [2.45, 2.75) is 6.42 Å². The van der Waals surface area contributed by atoms with Gasteiger partial charge in [-0.3, -0.25) is 10.1 Å². The second-order valence-electron chi connectivity index (χ2n) is 5.31. The minimum atomic E-state index is -0.223. The highest BCUT2D eigenvalue weighted by molar-refractivity contribution is 9.10. The van der Waals surface area contributed by atoms with Gasteiger partial charge in [-0.2, -0.15) is 0 Å². The summed E-state index contributed by atoms with van der Waals surface area (Å²) in [6, 6.07) is 15.1. The van der Waals surface area contributed by atoms with Gasteiger partial charge in [0.25, 0.3) is 5.91 Å². The number of aromatic nitrogens is 4. The molecule has 0 saturated carbocycles. The maximum atomic E-state index is 12.3. The monoisotopic (exact) mass is 413 g/mol. The van der Waals surface area contributed by atoms with E-state index in [0.717, 1.165) is 26.3 Å². The molecule has 4 rings (SSSR count). The second kappa shape index (κ2) is 6.73. The topological polar surface area (TPSA) is 83.6 Å². The number of halogens is 1. The fourth-order valence-corrected chi connectivity index (χ4v) is 3.62. The normalized spacial score (nSPS) is 10.9. The van der Waals surface area contributed by atoms with E-state index < -0.39 is 0 Å². The molecule has 0 spiro atoms. The third kappa shape index (κ3) is 3.45. The van der Waals surface area contributed by atoms with Gasteiger partial charge in [-0.1, -0.05) is 35.6 Å². The Kier molecular flexibility index (Phi) is 4.29. The van der Waals surface area contributed by atoms with Crippen LogP contribution >= 0.6 is 27.3 Å². The molecule has 1 amide bonds. The quantitative estimate of drug-likeness (QED) is 0.529. The lowest BCUT2D eigenvalue weighted by molar-refractivity contribution is 0.102. The molecule has 8 heteroatoms. The van der Waals surface area contributed by atoms with Gasteiger partial charge in [-0.15, -0.1) is 10.2 Å². The Morgan fingerprint density at radius 1 is 1.12 bits per heavy atom. The Morgan fingerprint density at radius 3 is 2.76 bits per heavy atom. The average molecular weight is 414 g/mol. The van der Waals surface area contributed by atoms with Gasteiger partial charge >= 0.3 is 0 Å². The highest BCUT2D eigenvalue weighted by Gasteiger charge is 2.13. The van der Waals surface area contributed by atoms with Crippen LogP contribution in [0.1, 0.15) is 21.2 Å². The van der Waals surface area contributed by atoms with E-state index in [0.29, 0.717) is 17.1 Å². The van der Waals surface area contributed by atoms with Crippen molar-refractivity contribution in [1.29, 1.82) is 0 Å². The van der Waals surface area contributed by atoms with Crippen molar-refractivity contribution in [2.75, 3.05) is 5.32 Å². The largest absolute Gasteiger partial charge is 0.342 e. The Balaban J connectivity index is 1.48. The first-order valence-corrected chi connectivity index (χ1v) is 9.12. The molecule has 25 heavy (non-hydrogen) atoms. The second-order valence-corrected chi connectivity index (χ2v) is 7.23. The van der Waals surface area contributed by atoms with Gasteiger partial charge in [0.05, 0.1) is 23.0 Å². The summed E-state index contributed by atoms with van der Waals surface area (Å²) in [6.07, 6.45) is 0.539. The van der Waals surface area contributed by atoms with E-state index in [1.807, 2.05) is 42.5 Å². The number of hydrogen-bond acceptors (Lipinski definition) is 5. The molecule has 0 bridgehead atoms. The summed E-state index contributed by atoms with van der Waals surface area (Å²) >= 11 is 4.71. The minimum Gasteiger partial charge on any atom is -0.342 e. The van der Waals surface area contributed by atoms with E-state index in [2.05, 4.69) is 41.4 Å². The molecule has 0 aliphatic rings. The van der Waals surface area contributed by atoms with Crippen LogP contribution in [0, 0.1) is 0 Å². The standard InChI is InChI=1S/C17H12BrN5OS/c18-11-6-2-1-5-10(11)16(24)21-17-23-22-15(25-17)9-14-19-12-7-3-4-8-13(12)20-14/h1-8H,9H2,(H,19,20)(H,21,23,24). The summed E-state index contributed by atoms with van der Waals surface area (Å²) < 4.78 is 0.736. The maximum Gasteiger partial charge on any atom is 0.258 e. The fraction of sp³-hybridized carbons (Fsp3) is 0.0588. The first-order valence-electron chi connectivity index (χ1n) is 7.51. The van der Waals surface area contributed by atoms with E-state index in [1.165, 1.54) is 11.3 Å². The van der Waals surface area contributed by atoms with Crippen LogP contribution in [0.2, 0.25) is 0 Å². The molecule has 2 aromatic carbocycles. The SMILES string of the molecule is O=C(Nc1nnc(Cc2nc3ccccc3[nH]2)s1)c1ccccc1Br. The molecule has 0 saturated heterocycles. The lowest BCUT2D eigenvalue weighted by Gasteiger charge is -2.02. The van der Waals surface area contributed by atoms with Crippen LogP contribution in [0.25, 0.3) is 11.0 Å². The summed E-state index contributed by atoms with van der Waals surface area (Å²) in [4.78, 5) is 20.1. The summed E-state index contributed by atoms with van der Waals surface area (Å²) in [6.45, 7) is 0. The number of rotatable bonds is 4. The van der Waals surface area contributed by atoms with Crippen molar-refractivity contribution in [2.24, 2.45) is 0 Å². The lowest BCUT2D eigenvalue weighted by Crippen LogP contribution is -2.12.